The molecule has 0 aliphatic carbocycles. The van der Waals surface area contributed by atoms with Crippen LogP contribution in [0.2, 0.25) is 0 Å². The van der Waals surface area contributed by atoms with Crippen LogP contribution in [-0.4, -0.2) is 23.3 Å². The standard InChI is InChI=1S/C14H13F4NO2S/c1-8(20)22-7-9-5-12(21)19(6-9)11-4-2-3-10(13(11)15)14(16,17)18/h2-4,9H,5-7H2,1H3. The molecule has 120 valence electrons. The van der Waals surface area contributed by atoms with Crippen molar-refractivity contribution in [2.45, 2.75) is 19.5 Å². The molecule has 1 heterocycles. The summed E-state index contributed by atoms with van der Waals surface area (Å²) in [5.41, 5.74) is -1.76. The molecule has 2 rings (SSSR count). The number of nitrogens with zero attached hydrogens (tertiary/aromatic N) is 1. The van der Waals surface area contributed by atoms with E-state index in [9.17, 15) is 27.2 Å². The number of carbonyl (C=O) groups excluding carboxylic acids is 2. The Balaban J connectivity index is 2.22. The van der Waals surface area contributed by atoms with Gasteiger partial charge in [-0.1, -0.05) is 17.8 Å². The predicted molar refractivity (Wildman–Crippen MR) is 75.0 cm³/mol. The lowest BCUT2D eigenvalue weighted by atomic mass is 10.1. The van der Waals surface area contributed by atoms with Crippen molar-refractivity contribution in [1.82, 2.24) is 0 Å². The Morgan fingerprint density at radius 1 is 1.41 bits per heavy atom. The minimum absolute atomic E-state index is 0.0932. The van der Waals surface area contributed by atoms with Gasteiger partial charge in [0.15, 0.2) is 10.9 Å². The highest BCUT2D eigenvalue weighted by Crippen LogP contribution is 2.37. The Bertz CT molecular complexity index is 603. The second kappa shape index (κ2) is 6.28. The number of thioether (sulfide) groups is 1. The van der Waals surface area contributed by atoms with Gasteiger partial charge in [0.2, 0.25) is 5.91 Å². The molecule has 8 heteroatoms. The molecule has 1 aliphatic heterocycles. The van der Waals surface area contributed by atoms with Gasteiger partial charge in [-0.25, -0.2) is 4.39 Å². The molecule has 0 spiro atoms. The zero-order valence-corrected chi connectivity index (χ0v) is 12.4. The molecule has 0 N–H and O–H groups in total. The molecule has 0 saturated carbocycles. The van der Waals surface area contributed by atoms with Gasteiger partial charge < -0.3 is 4.90 Å². The summed E-state index contributed by atoms with van der Waals surface area (Å²) in [4.78, 5) is 23.9. The van der Waals surface area contributed by atoms with Crippen molar-refractivity contribution in [3.05, 3.63) is 29.6 Å². The molecule has 1 saturated heterocycles. The third-order valence-corrected chi connectivity index (χ3v) is 4.35. The van der Waals surface area contributed by atoms with Crippen LogP contribution in [0.3, 0.4) is 0 Å². The molecule has 0 bridgehead atoms. The summed E-state index contributed by atoms with van der Waals surface area (Å²) in [5, 5.41) is -0.101. The van der Waals surface area contributed by atoms with E-state index in [-0.39, 0.29) is 29.7 Å². The predicted octanol–water partition coefficient (Wildman–Crippen LogP) is 3.48. The fourth-order valence-electron chi connectivity index (χ4n) is 2.31. The van der Waals surface area contributed by atoms with Crippen LogP contribution in [0.1, 0.15) is 18.9 Å². The number of anilines is 1. The first-order valence-corrected chi connectivity index (χ1v) is 7.48. The fraction of sp³-hybridized carbons (Fsp3) is 0.429. The first-order valence-electron chi connectivity index (χ1n) is 6.49. The van der Waals surface area contributed by atoms with Crippen LogP contribution in [0.15, 0.2) is 18.2 Å². The molecular weight excluding hydrogens is 322 g/mol. The number of rotatable bonds is 3. The van der Waals surface area contributed by atoms with Gasteiger partial charge in [0, 0.05) is 25.6 Å². The van der Waals surface area contributed by atoms with Crippen LogP contribution in [0.4, 0.5) is 23.2 Å². The van der Waals surface area contributed by atoms with Gasteiger partial charge in [0.25, 0.3) is 0 Å². The van der Waals surface area contributed by atoms with E-state index in [2.05, 4.69) is 0 Å². The normalized spacial score (nSPS) is 18.9. The second-order valence-electron chi connectivity index (χ2n) is 5.01. The minimum Gasteiger partial charge on any atom is -0.309 e. The number of hydrogen-bond acceptors (Lipinski definition) is 3. The summed E-state index contributed by atoms with van der Waals surface area (Å²) in [5.74, 6) is -1.68. The lowest BCUT2D eigenvalue weighted by Gasteiger charge is -2.19. The molecule has 0 aromatic heterocycles. The van der Waals surface area contributed by atoms with E-state index in [0.717, 1.165) is 28.8 Å². The number of benzene rings is 1. The Morgan fingerprint density at radius 3 is 2.68 bits per heavy atom. The van der Waals surface area contributed by atoms with Gasteiger partial charge in [0.1, 0.15) is 0 Å². The van der Waals surface area contributed by atoms with E-state index in [4.69, 9.17) is 0 Å². The number of carbonyl (C=O) groups is 2. The molecule has 0 radical (unpaired) electrons. The Morgan fingerprint density at radius 2 is 2.09 bits per heavy atom. The molecule has 1 aliphatic rings. The molecular formula is C14H13F4NO2S. The summed E-state index contributed by atoms with van der Waals surface area (Å²) < 4.78 is 52.2. The van der Waals surface area contributed by atoms with Crippen LogP contribution in [0.5, 0.6) is 0 Å². The lowest BCUT2D eigenvalue weighted by Crippen LogP contribution is -2.26. The summed E-state index contributed by atoms with van der Waals surface area (Å²) in [7, 11) is 0. The van der Waals surface area contributed by atoms with Crippen molar-refractivity contribution in [3.63, 3.8) is 0 Å². The van der Waals surface area contributed by atoms with Gasteiger partial charge in [-0.2, -0.15) is 13.2 Å². The molecule has 1 unspecified atom stereocenters. The molecule has 1 aromatic carbocycles. The van der Waals surface area contributed by atoms with Gasteiger partial charge in [-0.05, 0) is 18.1 Å². The monoisotopic (exact) mass is 335 g/mol. The molecule has 3 nitrogen and oxygen atoms in total. The maximum Gasteiger partial charge on any atom is 0.419 e. The summed E-state index contributed by atoms with van der Waals surface area (Å²) in [6.45, 7) is 1.50. The van der Waals surface area contributed by atoms with Crippen LogP contribution < -0.4 is 4.90 Å². The highest BCUT2D eigenvalue weighted by Gasteiger charge is 2.38. The average molecular weight is 335 g/mol. The van der Waals surface area contributed by atoms with Crippen molar-refractivity contribution >= 4 is 28.5 Å². The average Bonchev–Trinajstić information content (AvgIpc) is 2.76. The van der Waals surface area contributed by atoms with Gasteiger partial charge in [0.05, 0.1) is 11.3 Å². The maximum absolute atomic E-state index is 14.1. The van der Waals surface area contributed by atoms with E-state index in [1.54, 1.807) is 0 Å². The second-order valence-corrected chi connectivity index (χ2v) is 6.21. The minimum atomic E-state index is -4.81. The summed E-state index contributed by atoms with van der Waals surface area (Å²) in [6.07, 6.45) is -4.72. The number of alkyl halides is 3. The van der Waals surface area contributed by atoms with E-state index in [1.165, 1.54) is 6.92 Å². The van der Waals surface area contributed by atoms with Crippen molar-refractivity contribution in [3.8, 4) is 0 Å². The van der Waals surface area contributed by atoms with Crippen LogP contribution in [-0.2, 0) is 15.8 Å². The maximum atomic E-state index is 14.1. The molecule has 22 heavy (non-hydrogen) atoms. The Kier molecular flexibility index (Phi) is 4.79. The zero-order chi connectivity index (χ0) is 16.5. The SMILES string of the molecule is CC(=O)SCC1CC(=O)N(c2cccc(C(F)(F)F)c2F)C1. The molecule has 1 fully saturated rings. The smallest absolute Gasteiger partial charge is 0.309 e. The zero-order valence-electron chi connectivity index (χ0n) is 11.6. The largest absolute Gasteiger partial charge is 0.419 e. The van der Waals surface area contributed by atoms with Crippen LogP contribution in [0, 0.1) is 11.7 Å². The van der Waals surface area contributed by atoms with E-state index < -0.39 is 23.5 Å². The molecule has 1 amide bonds. The van der Waals surface area contributed by atoms with Gasteiger partial charge in [-0.15, -0.1) is 0 Å². The highest BCUT2D eigenvalue weighted by molar-refractivity contribution is 8.13. The van der Waals surface area contributed by atoms with E-state index in [1.807, 2.05) is 0 Å². The molecule has 1 atom stereocenters. The van der Waals surface area contributed by atoms with Gasteiger partial charge in [-0.3, -0.25) is 9.59 Å². The third-order valence-electron chi connectivity index (χ3n) is 3.30. The first-order chi connectivity index (χ1) is 10.2. The van der Waals surface area contributed by atoms with Crippen molar-refractivity contribution in [2.75, 3.05) is 17.2 Å². The molecule has 1 aromatic rings. The van der Waals surface area contributed by atoms with E-state index in [0.29, 0.717) is 11.8 Å². The number of hydrogen-bond donors (Lipinski definition) is 0. The topological polar surface area (TPSA) is 37.4 Å². The Hall–Kier alpha value is -1.57. The van der Waals surface area contributed by atoms with Gasteiger partial charge >= 0.3 is 6.18 Å². The summed E-state index contributed by atoms with van der Waals surface area (Å²) >= 11 is 1.05. The van der Waals surface area contributed by atoms with Crippen molar-refractivity contribution in [1.29, 1.82) is 0 Å². The highest BCUT2D eigenvalue weighted by atomic mass is 32.2. The number of halogens is 4. The van der Waals surface area contributed by atoms with Crippen molar-refractivity contribution < 1.29 is 27.2 Å². The van der Waals surface area contributed by atoms with Crippen LogP contribution in [0.25, 0.3) is 0 Å². The van der Waals surface area contributed by atoms with Crippen molar-refractivity contribution in [2.24, 2.45) is 5.92 Å². The third kappa shape index (κ3) is 3.60. The first kappa shape index (κ1) is 16.8. The fourth-order valence-corrected chi connectivity index (χ4v) is 3.00. The summed E-state index contributed by atoms with van der Waals surface area (Å²) in [6, 6.07) is 2.87. The quantitative estimate of drug-likeness (QED) is 0.794. The Labute approximate surface area is 128 Å². The van der Waals surface area contributed by atoms with Crippen LogP contribution >= 0.6 is 11.8 Å². The van der Waals surface area contributed by atoms with E-state index >= 15 is 0 Å². The lowest BCUT2D eigenvalue weighted by molar-refractivity contribution is -0.140. The number of amides is 1.